The Hall–Kier alpha value is -3.93. The van der Waals surface area contributed by atoms with Crippen LogP contribution in [0.5, 0.6) is 0 Å². The minimum atomic E-state index is -0.960. The molecule has 1 unspecified atom stereocenters. The third-order valence-electron chi connectivity index (χ3n) is 5.52. The molecular weight excluding hydrogens is 430 g/mol. The van der Waals surface area contributed by atoms with E-state index in [-0.39, 0.29) is 48.6 Å². The third kappa shape index (κ3) is 4.51. The van der Waals surface area contributed by atoms with Crippen molar-refractivity contribution in [1.82, 2.24) is 25.2 Å². The van der Waals surface area contributed by atoms with E-state index < -0.39 is 29.7 Å². The fourth-order valence-electron chi connectivity index (χ4n) is 3.95. The van der Waals surface area contributed by atoms with Crippen molar-refractivity contribution in [3.05, 3.63) is 41.2 Å². The van der Waals surface area contributed by atoms with Crippen molar-refractivity contribution >= 4 is 35.2 Å². The number of aliphatic hydroxyl groups excluding tert-OH is 1. The lowest BCUT2D eigenvalue weighted by Crippen LogP contribution is -2.54. The average molecular weight is 453 g/mol. The quantitative estimate of drug-likeness (QED) is 0.317. The van der Waals surface area contributed by atoms with E-state index in [2.05, 4.69) is 20.9 Å². The van der Waals surface area contributed by atoms with Crippen LogP contribution in [0.15, 0.2) is 24.4 Å². The highest BCUT2D eigenvalue weighted by molar-refractivity contribution is 6.27. The van der Waals surface area contributed by atoms with Gasteiger partial charge >= 0.3 is 0 Å². The van der Waals surface area contributed by atoms with Gasteiger partial charge in [0.1, 0.15) is 18.4 Å². The normalized spacial score (nSPS) is 17.8. The minimum absolute atomic E-state index is 0.0767. The third-order valence-corrected chi connectivity index (χ3v) is 5.52. The molecule has 1 aromatic heterocycles. The van der Waals surface area contributed by atoms with Crippen LogP contribution in [-0.2, 0) is 27.3 Å². The molecule has 0 radical (unpaired) electrons. The second-order valence-corrected chi connectivity index (χ2v) is 7.86. The van der Waals surface area contributed by atoms with Crippen LogP contribution in [0.25, 0.3) is 0 Å². The first kappa shape index (κ1) is 22.3. The maximum atomic E-state index is 12.9. The highest BCUT2D eigenvalue weighted by Gasteiger charge is 2.43. The molecule has 4 N–H and O–H groups in total. The molecule has 1 aromatic carbocycles. The van der Waals surface area contributed by atoms with Gasteiger partial charge in [0.15, 0.2) is 0 Å². The number of unbranched alkanes of at least 4 members (excludes halogenated alkanes) is 1. The Bertz CT molecular complexity index is 1140. The second kappa shape index (κ2) is 9.28. The Morgan fingerprint density at radius 2 is 2.09 bits per heavy atom. The summed E-state index contributed by atoms with van der Waals surface area (Å²) in [4.78, 5) is 50.3. The Morgan fingerprint density at radius 1 is 1.27 bits per heavy atom. The van der Waals surface area contributed by atoms with Gasteiger partial charge in [-0.05, 0) is 37.8 Å². The standard InChI is InChI=1S/C21H23N7O5/c22-19-18-13(21(33)28(19)15-7-8-16(30)24-20(15)32)5-3-6-14(18)23-17(31)11-27-10-12(25-26-27)4-1-2-9-29/h3,5-6,10,15,22,29H,1-2,4,7-9,11H2,(H,23,31)(H,24,30,32). The second-order valence-electron chi connectivity index (χ2n) is 7.86. The largest absolute Gasteiger partial charge is 0.396 e. The first-order valence-corrected chi connectivity index (χ1v) is 10.6. The van der Waals surface area contributed by atoms with Gasteiger partial charge in [0, 0.05) is 19.2 Å². The first-order chi connectivity index (χ1) is 15.9. The summed E-state index contributed by atoms with van der Waals surface area (Å²) in [6.45, 7) is -0.00871. The summed E-state index contributed by atoms with van der Waals surface area (Å²) in [6, 6.07) is 3.73. The molecule has 12 nitrogen and oxygen atoms in total. The Kier molecular flexibility index (Phi) is 6.27. The van der Waals surface area contributed by atoms with Crippen LogP contribution in [-0.4, -0.2) is 67.1 Å². The Labute approximate surface area is 188 Å². The molecule has 4 amide bonds. The van der Waals surface area contributed by atoms with E-state index in [0.29, 0.717) is 18.5 Å². The van der Waals surface area contributed by atoms with E-state index in [0.717, 1.165) is 11.3 Å². The summed E-state index contributed by atoms with van der Waals surface area (Å²) >= 11 is 0. The number of amidine groups is 1. The van der Waals surface area contributed by atoms with Crippen LogP contribution in [0.2, 0.25) is 0 Å². The monoisotopic (exact) mass is 453 g/mol. The lowest BCUT2D eigenvalue weighted by Gasteiger charge is -2.29. The van der Waals surface area contributed by atoms with Gasteiger partial charge in [0.25, 0.3) is 5.91 Å². The van der Waals surface area contributed by atoms with Crippen molar-refractivity contribution in [1.29, 1.82) is 5.41 Å². The number of carbonyl (C=O) groups excluding carboxylic acids is 4. The van der Waals surface area contributed by atoms with Crippen LogP contribution < -0.4 is 10.6 Å². The fourth-order valence-corrected chi connectivity index (χ4v) is 3.95. The van der Waals surface area contributed by atoms with E-state index >= 15 is 0 Å². The fraction of sp³-hybridized carbons (Fsp3) is 0.381. The van der Waals surface area contributed by atoms with E-state index in [1.54, 1.807) is 18.3 Å². The number of benzene rings is 1. The average Bonchev–Trinajstić information content (AvgIpc) is 3.31. The lowest BCUT2D eigenvalue weighted by atomic mass is 10.0. The molecule has 2 aromatic rings. The van der Waals surface area contributed by atoms with Gasteiger partial charge in [-0.1, -0.05) is 11.3 Å². The van der Waals surface area contributed by atoms with E-state index in [4.69, 9.17) is 10.5 Å². The number of nitrogens with zero attached hydrogens (tertiary/aromatic N) is 4. The summed E-state index contributed by atoms with van der Waals surface area (Å²) in [5.41, 5.74) is 1.41. The maximum absolute atomic E-state index is 12.9. The van der Waals surface area contributed by atoms with E-state index in [1.807, 2.05) is 0 Å². The van der Waals surface area contributed by atoms with Crippen molar-refractivity contribution in [2.24, 2.45) is 0 Å². The summed E-state index contributed by atoms with van der Waals surface area (Å²) < 4.78 is 1.39. The highest BCUT2D eigenvalue weighted by atomic mass is 16.3. The SMILES string of the molecule is N=C1c2c(NC(=O)Cn3cc(CCCCO)nn3)cccc2C(=O)N1C1CCC(=O)NC1=O. The van der Waals surface area contributed by atoms with Crippen molar-refractivity contribution in [2.75, 3.05) is 11.9 Å². The molecule has 0 spiro atoms. The van der Waals surface area contributed by atoms with Crippen molar-refractivity contribution in [2.45, 2.75) is 44.7 Å². The Balaban J connectivity index is 1.47. The van der Waals surface area contributed by atoms with Crippen molar-refractivity contribution in [3.8, 4) is 0 Å². The summed E-state index contributed by atoms with van der Waals surface area (Å²) in [5, 5.41) is 30.2. The molecule has 172 valence electrons. The van der Waals surface area contributed by atoms with Crippen LogP contribution in [0.1, 0.15) is 47.3 Å². The molecule has 33 heavy (non-hydrogen) atoms. The number of piperidine rings is 1. The zero-order valence-corrected chi connectivity index (χ0v) is 17.7. The van der Waals surface area contributed by atoms with Crippen LogP contribution in [0.4, 0.5) is 5.69 Å². The lowest BCUT2D eigenvalue weighted by molar-refractivity contribution is -0.136. The molecule has 0 bridgehead atoms. The zero-order valence-electron chi connectivity index (χ0n) is 17.7. The number of carbonyl (C=O) groups is 4. The van der Waals surface area contributed by atoms with Crippen molar-refractivity contribution < 1.29 is 24.3 Å². The number of amides is 4. The number of imide groups is 1. The maximum Gasteiger partial charge on any atom is 0.261 e. The molecule has 0 aliphatic carbocycles. The number of hydrogen-bond donors (Lipinski definition) is 4. The molecule has 12 heteroatoms. The molecule has 1 saturated heterocycles. The molecule has 1 fully saturated rings. The number of hydrogen-bond acceptors (Lipinski definition) is 8. The van der Waals surface area contributed by atoms with Gasteiger partial charge in [-0.3, -0.25) is 34.8 Å². The molecule has 2 aliphatic heterocycles. The molecule has 1 atom stereocenters. The van der Waals surface area contributed by atoms with E-state index in [1.165, 1.54) is 10.7 Å². The van der Waals surface area contributed by atoms with Gasteiger partial charge < -0.3 is 10.4 Å². The molecule has 3 heterocycles. The predicted octanol–water partition coefficient (Wildman–Crippen LogP) is -0.182. The van der Waals surface area contributed by atoms with Crippen LogP contribution >= 0.6 is 0 Å². The summed E-state index contributed by atoms with van der Waals surface area (Å²) in [5.74, 6) is -2.18. The van der Waals surface area contributed by atoms with E-state index in [9.17, 15) is 19.2 Å². The number of aliphatic hydroxyl groups is 1. The van der Waals surface area contributed by atoms with Gasteiger partial charge in [0.2, 0.25) is 17.7 Å². The number of nitrogens with one attached hydrogen (secondary N) is 3. The Morgan fingerprint density at radius 3 is 2.85 bits per heavy atom. The van der Waals surface area contributed by atoms with Gasteiger partial charge in [-0.2, -0.15) is 0 Å². The van der Waals surface area contributed by atoms with Gasteiger partial charge in [-0.15, -0.1) is 5.10 Å². The number of aryl methyl sites for hydroxylation is 1. The first-order valence-electron chi connectivity index (χ1n) is 10.6. The van der Waals surface area contributed by atoms with Crippen LogP contribution in [0.3, 0.4) is 0 Å². The molecule has 2 aliphatic rings. The smallest absolute Gasteiger partial charge is 0.261 e. The zero-order chi connectivity index (χ0) is 23.5. The number of rotatable bonds is 8. The number of fused-ring (bicyclic) bond motifs is 1. The van der Waals surface area contributed by atoms with Crippen molar-refractivity contribution in [3.63, 3.8) is 0 Å². The topological polar surface area (TPSA) is 170 Å². The number of aromatic nitrogens is 3. The van der Waals surface area contributed by atoms with Gasteiger partial charge in [-0.25, -0.2) is 4.68 Å². The minimum Gasteiger partial charge on any atom is -0.396 e. The summed E-state index contributed by atoms with van der Waals surface area (Å²) in [6.07, 6.45) is 3.92. The number of anilines is 1. The van der Waals surface area contributed by atoms with Gasteiger partial charge in [0.05, 0.1) is 22.5 Å². The molecule has 4 rings (SSSR count). The molecular formula is C21H23N7O5. The molecule has 0 saturated carbocycles. The highest BCUT2D eigenvalue weighted by Crippen LogP contribution is 2.32. The van der Waals surface area contributed by atoms with Crippen LogP contribution in [0, 0.1) is 5.41 Å². The predicted molar refractivity (Wildman–Crippen MR) is 114 cm³/mol. The summed E-state index contributed by atoms with van der Waals surface area (Å²) in [7, 11) is 0.